The molecule has 0 heterocycles. The van der Waals surface area contributed by atoms with Crippen LogP contribution in [0.5, 0.6) is 0 Å². The highest BCUT2D eigenvalue weighted by molar-refractivity contribution is 9.10. The first-order valence-corrected chi connectivity index (χ1v) is 6.53. The van der Waals surface area contributed by atoms with Gasteiger partial charge in [-0.1, -0.05) is 15.9 Å². The molecule has 16 heavy (non-hydrogen) atoms. The van der Waals surface area contributed by atoms with Crippen LogP contribution in [-0.2, 0) is 0 Å². The van der Waals surface area contributed by atoms with Crippen molar-refractivity contribution in [3.05, 3.63) is 28.2 Å². The fourth-order valence-electron chi connectivity index (χ4n) is 1.90. The van der Waals surface area contributed by atoms with Crippen molar-refractivity contribution in [2.45, 2.75) is 19.8 Å². The second kappa shape index (κ2) is 5.00. The average molecular weight is 282 g/mol. The summed E-state index contributed by atoms with van der Waals surface area (Å²) in [5, 5.41) is 0. The first-order valence-electron chi connectivity index (χ1n) is 5.74. The Labute approximate surface area is 105 Å². The van der Waals surface area contributed by atoms with E-state index in [9.17, 15) is 4.79 Å². The van der Waals surface area contributed by atoms with Gasteiger partial charge in [0.25, 0.3) is 0 Å². The maximum absolute atomic E-state index is 11.0. The lowest BCUT2D eigenvalue weighted by molar-refractivity contribution is 0.112. The van der Waals surface area contributed by atoms with Crippen LogP contribution in [0.3, 0.4) is 0 Å². The highest BCUT2D eigenvalue weighted by Crippen LogP contribution is 2.33. The summed E-state index contributed by atoms with van der Waals surface area (Å²) in [5.74, 6) is 0.832. The van der Waals surface area contributed by atoms with Crippen molar-refractivity contribution in [1.29, 1.82) is 0 Å². The molecule has 0 atom stereocenters. The maximum Gasteiger partial charge on any atom is 0.152 e. The number of hydrogen-bond donors (Lipinski definition) is 0. The van der Waals surface area contributed by atoms with Gasteiger partial charge in [0.2, 0.25) is 0 Å². The van der Waals surface area contributed by atoms with E-state index in [-0.39, 0.29) is 0 Å². The predicted octanol–water partition coefficient (Wildman–Crippen LogP) is 3.50. The van der Waals surface area contributed by atoms with Gasteiger partial charge in [-0.15, -0.1) is 0 Å². The molecule has 86 valence electrons. The van der Waals surface area contributed by atoms with Gasteiger partial charge < -0.3 is 4.90 Å². The quantitative estimate of drug-likeness (QED) is 0.770. The number of carbonyl (C=O) groups excluding carboxylic acids is 1. The van der Waals surface area contributed by atoms with Crippen molar-refractivity contribution in [1.82, 2.24) is 0 Å². The van der Waals surface area contributed by atoms with E-state index in [1.165, 1.54) is 12.8 Å². The third-order valence-electron chi connectivity index (χ3n) is 3.02. The molecule has 0 radical (unpaired) electrons. The molecule has 1 saturated carbocycles. The fourth-order valence-corrected chi connectivity index (χ4v) is 2.25. The summed E-state index contributed by atoms with van der Waals surface area (Å²) >= 11 is 3.46. The molecule has 0 saturated heterocycles. The number of halogens is 1. The molecule has 0 spiro atoms. The van der Waals surface area contributed by atoms with Crippen molar-refractivity contribution < 1.29 is 4.79 Å². The summed E-state index contributed by atoms with van der Waals surface area (Å²) in [6.07, 6.45) is 3.61. The number of rotatable bonds is 5. The van der Waals surface area contributed by atoms with E-state index in [0.717, 1.165) is 41.0 Å². The zero-order chi connectivity index (χ0) is 11.5. The summed E-state index contributed by atoms with van der Waals surface area (Å²) in [6.45, 7) is 4.17. The highest BCUT2D eigenvalue weighted by atomic mass is 79.9. The third-order valence-corrected chi connectivity index (χ3v) is 3.51. The molecule has 1 fully saturated rings. The second-order valence-electron chi connectivity index (χ2n) is 4.30. The topological polar surface area (TPSA) is 20.3 Å². The fraction of sp³-hybridized carbons (Fsp3) is 0.462. The van der Waals surface area contributed by atoms with Crippen molar-refractivity contribution >= 4 is 27.9 Å². The van der Waals surface area contributed by atoms with Crippen molar-refractivity contribution in [3.8, 4) is 0 Å². The normalized spacial score (nSPS) is 14.9. The molecule has 2 rings (SSSR count). The zero-order valence-corrected chi connectivity index (χ0v) is 11.0. The smallest absolute Gasteiger partial charge is 0.152 e. The molecule has 1 aliphatic carbocycles. The van der Waals surface area contributed by atoms with E-state index >= 15 is 0 Å². The number of benzene rings is 1. The Morgan fingerprint density at radius 3 is 2.81 bits per heavy atom. The van der Waals surface area contributed by atoms with Gasteiger partial charge in [-0.3, -0.25) is 4.79 Å². The Balaban J connectivity index is 2.26. The minimum atomic E-state index is 0.783. The molecular formula is C13H16BrNO. The van der Waals surface area contributed by atoms with Crippen molar-refractivity contribution in [3.63, 3.8) is 0 Å². The number of carbonyl (C=O) groups is 1. The van der Waals surface area contributed by atoms with Crippen LogP contribution in [0.25, 0.3) is 0 Å². The second-order valence-corrected chi connectivity index (χ2v) is 5.22. The lowest BCUT2D eigenvalue weighted by Gasteiger charge is -2.24. The molecule has 0 N–H and O–H groups in total. The zero-order valence-electron chi connectivity index (χ0n) is 9.45. The Kier molecular flexibility index (Phi) is 3.64. The Morgan fingerprint density at radius 1 is 1.50 bits per heavy atom. The van der Waals surface area contributed by atoms with Gasteiger partial charge in [-0.25, -0.2) is 0 Å². The molecule has 0 aliphatic heterocycles. The number of nitrogens with zero attached hydrogens (tertiary/aromatic N) is 1. The van der Waals surface area contributed by atoms with Crippen LogP contribution in [0.4, 0.5) is 5.69 Å². The van der Waals surface area contributed by atoms with Crippen LogP contribution in [0.2, 0.25) is 0 Å². The first-order chi connectivity index (χ1) is 7.74. The monoisotopic (exact) mass is 281 g/mol. The molecule has 0 unspecified atom stereocenters. The standard InChI is InChI=1S/C13H16BrNO/c1-2-15(8-10-3-4-10)13-7-12(14)6-5-11(13)9-16/h5-7,9-10H,2-4,8H2,1H3. The molecule has 1 aromatic carbocycles. The third kappa shape index (κ3) is 2.64. The molecule has 0 aromatic heterocycles. The van der Waals surface area contributed by atoms with Gasteiger partial charge >= 0.3 is 0 Å². The van der Waals surface area contributed by atoms with Gasteiger partial charge in [0.05, 0.1) is 0 Å². The molecule has 2 nitrogen and oxygen atoms in total. The molecule has 1 aliphatic rings. The van der Waals surface area contributed by atoms with Gasteiger partial charge in [0.1, 0.15) is 0 Å². The van der Waals surface area contributed by atoms with Crippen molar-refractivity contribution in [2.24, 2.45) is 5.92 Å². The lowest BCUT2D eigenvalue weighted by atomic mass is 10.1. The minimum absolute atomic E-state index is 0.783. The summed E-state index contributed by atoms with van der Waals surface area (Å²) in [4.78, 5) is 13.3. The van der Waals surface area contributed by atoms with Crippen molar-refractivity contribution in [2.75, 3.05) is 18.0 Å². The predicted molar refractivity (Wildman–Crippen MR) is 70.1 cm³/mol. The van der Waals surface area contributed by atoms with Gasteiger partial charge in [-0.2, -0.15) is 0 Å². The molecule has 0 amide bonds. The molecule has 3 heteroatoms. The van der Waals surface area contributed by atoms with Crippen LogP contribution in [0, 0.1) is 5.92 Å². The number of hydrogen-bond acceptors (Lipinski definition) is 2. The molecule has 1 aromatic rings. The largest absolute Gasteiger partial charge is 0.371 e. The summed E-state index contributed by atoms with van der Waals surface area (Å²) in [5.41, 5.74) is 1.84. The first kappa shape index (κ1) is 11.6. The van der Waals surface area contributed by atoms with Crippen LogP contribution in [0.15, 0.2) is 22.7 Å². The number of aldehydes is 1. The highest BCUT2D eigenvalue weighted by Gasteiger charge is 2.24. The van der Waals surface area contributed by atoms with Crippen LogP contribution in [0.1, 0.15) is 30.1 Å². The van der Waals surface area contributed by atoms with Gasteiger partial charge in [0.15, 0.2) is 6.29 Å². The Morgan fingerprint density at radius 2 is 2.25 bits per heavy atom. The van der Waals surface area contributed by atoms with Crippen LogP contribution < -0.4 is 4.90 Å². The van der Waals surface area contributed by atoms with E-state index in [4.69, 9.17) is 0 Å². The summed E-state index contributed by atoms with van der Waals surface area (Å²) in [6, 6.07) is 5.83. The average Bonchev–Trinajstić information content (AvgIpc) is 3.09. The van der Waals surface area contributed by atoms with E-state index < -0.39 is 0 Å². The van der Waals surface area contributed by atoms with Crippen LogP contribution in [-0.4, -0.2) is 19.4 Å². The summed E-state index contributed by atoms with van der Waals surface area (Å²) < 4.78 is 1.03. The van der Waals surface area contributed by atoms with E-state index in [2.05, 4.69) is 27.8 Å². The van der Waals surface area contributed by atoms with Gasteiger partial charge in [0, 0.05) is 28.8 Å². The Hall–Kier alpha value is -0.830. The van der Waals surface area contributed by atoms with E-state index in [1.54, 1.807) is 0 Å². The van der Waals surface area contributed by atoms with Crippen LogP contribution >= 0.6 is 15.9 Å². The Bertz CT molecular complexity index is 388. The van der Waals surface area contributed by atoms with E-state index in [0.29, 0.717) is 0 Å². The molecular weight excluding hydrogens is 266 g/mol. The van der Waals surface area contributed by atoms with Gasteiger partial charge in [-0.05, 0) is 43.9 Å². The molecule has 0 bridgehead atoms. The SMILES string of the molecule is CCN(CC1CC1)c1cc(Br)ccc1C=O. The maximum atomic E-state index is 11.0. The minimum Gasteiger partial charge on any atom is -0.371 e. The number of anilines is 1. The summed E-state index contributed by atoms with van der Waals surface area (Å²) in [7, 11) is 0. The van der Waals surface area contributed by atoms with E-state index in [1.807, 2.05) is 18.2 Å². The lowest BCUT2D eigenvalue weighted by Crippen LogP contribution is -2.26.